The second kappa shape index (κ2) is 12.8. The summed E-state index contributed by atoms with van der Waals surface area (Å²) in [6, 6.07) is 7.46. The van der Waals surface area contributed by atoms with Crippen LogP contribution in [0.5, 0.6) is 34.5 Å². The lowest BCUT2D eigenvalue weighted by molar-refractivity contribution is 0.179. The van der Waals surface area contributed by atoms with Crippen LogP contribution in [0.25, 0.3) is 5.76 Å². The molecule has 9 nitrogen and oxygen atoms in total. The van der Waals surface area contributed by atoms with Gasteiger partial charge in [0.25, 0.3) is 0 Å². The monoisotopic (exact) mass is 514 g/mol. The van der Waals surface area contributed by atoms with Gasteiger partial charge in [0.15, 0.2) is 17.3 Å². The maximum Gasteiger partial charge on any atom is 0.203 e. The molecule has 0 aliphatic carbocycles. The van der Waals surface area contributed by atoms with Crippen molar-refractivity contribution in [2.75, 3.05) is 74.9 Å². The smallest absolute Gasteiger partial charge is 0.203 e. The average molecular weight is 515 g/mol. The number of ether oxygens (including phenoxy) is 7. The van der Waals surface area contributed by atoms with Gasteiger partial charge in [0.05, 0.1) is 42.2 Å². The third-order valence-electron chi connectivity index (χ3n) is 6.68. The molecule has 0 atom stereocenters. The van der Waals surface area contributed by atoms with Gasteiger partial charge in [-0.05, 0) is 31.5 Å². The summed E-state index contributed by atoms with van der Waals surface area (Å²) in [6.45, 7) is 6.00. The summed E-state index contributed by atoms with van der Waals surface area (Å²) in [5.41, 5.74) is 1.67. The van der Waals surface area contributed by atoms with Crippen molar-refractivity contribution in [1.29, 1.82) is 0 Å². The summed E-state index contributed by atoms with van der Waals surface area (Å²) < 4.78 is 40.6. The van der Waals surface area contributed by atoms with E-state index in [9.17, 15) is 0 Å². The summed E-state index contributed by atoms with van der Waals surface area (Å²) in [4.78, 5) is 2.50. The fourth-order valence-corrected chi connectivity index (χ4v) is 4.68. The predicted octanol–water partition coefficient (Wildman–Crippen LogP) is 3.74. The second-order valence-electron chi connectivity index (χ2n) is 8.90. The fraction of sp³-hybridized carbons (Fsp3) is 0.500. The van der Waals surface area contributed by atoms with Gasteiger partial charge in [-0.1, -0.05) is 0 Å². The first kappa shape index (κ1) is 26.8. The molecule has 0 amide bonds. The molecular weight excluding hydrogens is 476 g/mol. The molecule has 1 N–H and O–H groups in total. The van der Waals surface area contributed by atoms with Crippen molar-refractivity contribution in [1.82, 2.24) is 10.2 Å². The number of rotatable bonds is 12. The molecular formula is C28H38N2O7. The Bertz CT molecular complexity index is 1070. The Morgan fingerprint density at radius 1 is 0.811 bits per heavy atom. The zero-order valence-corrected chi connectivity index (χ0v) is 22.5. The van der Waals surface area contributed by atoms with Crippen LogP contribution in [0.3, 0.4) is 0 Å². The molecule has 1 fully saturated rings. The third-order valence-corrected chi connectivity index (χ3v) is 6.68. The first-order chi connectivity index (χ1) is 18.1. The molecule has 37 heavy (non-hydrogen) atoms. The Labute approximate surface area is 219 Å². The van der Waals surface area contributed by atoms with E-state index in [0.29, 0.717) is 53.3 Å². The van der Waals surface area contributed by atoms with E-state index in [4.69, 9.17) is 33.2 Å². The van der Waals surface area contributed by atoms with Gasteiger partial charge in [0, 0.05) is 55.9 Å². The maximum absolute atomic E-state index is 6.47. The lowest BCUT2D eigenvalue weighted by Crippen LogP contribution is -2.43. The number of fused-ring (bicyclic) bond motifs is 1. The van der Waals surface area contributed by atoms with E-state index < -0.39 is 0 Å². The van der Waals surface area contributed by atoms with Crippen LogP contribution in [0.1, 0.15) is 24.0 Å². The van der Waals surface area contributed by atoms with Crippen molar-refractivity contribution in [3.8, 4) is 34.5 Å². The Kier molecular flexibility index (Phi) is 9.24. The van der Waals surface area contributed by atoms with Gasteiger partial charge in [0.1, 0.15) is 23.0 Å². The zero-order chi connectivity index (χ0) is 26.2. The normalized spacial score (nSPS) is 15.5. The van der Waals surface area contributed by atoms with Gasteiger partial charge in [-0.3, -0.25) is 0 Å². The highest BCUT2D eigenvalue weighted by molar-refractivity contribution is 5.73. The van der Waals surface area contributed by atoms with Gasteiger partial charge in [-0.25, -0.2) is 0 Å². The second-order valence-corrected chi connectivity index (χ2v) is 8.90. The maximum atomic E-state index is 6.47. The van der Waals surface area contributed by atoms with E-state index in [1.807, 2.05) is 24.3 Å². The Balaban J connectivity index is 1.61. The van der Waals surface area contributed by atoms with Gasteiger partial charge in [0.2, 0.25) is 5.75 Å². The van der Waals surface area contributed by atoms with E-state index >= 15 is 0 Å². The SMILES string of the molecule is COc1cc(OC)c2c(c1)OC(c1cc(OC)c(OC)c(OC)c1)=C(OCCCCN1CCNCC1)C2. The van der Waals surface area contributed by atoms with Gasteiger partial charge in [-0.2, -0.15) is 0 Å². The van der Waals surface area contributed by atoms with E-state index in [1.165, 1.54) is 0 Å². The third kappa shape index (κ3) is 6.17. The number of nitrogens with one attached hydrogen (secondary N) is 1. The zero-order valence-electron chi connectivity index (χ0n) is 22.5. The highest BCUT2D eigenvalue weighted by Crippen LogP contribution is 2.45. The minimum Gasteiger partial charge on any atom is -0.496 e. The highest BCUT2D eigenvalue weighted by Gasteiger charge is 2.28. The number of piperazine rings is 1. The van der Waals surface area contributed by atoms with Crippen molar-refractivity contribution in [3.63, 3.8) is 0 Å². The van der Waals surface area contributed by atoms with Crippen molar-refractivity contribution >= 4 is 5.76 Å². The molecule has 0 aromatic heterocycles. The minimum absolute atomic E-state index is 0.518. The minimum atomic E-state index is 0.518. The van der Waals surface area contributed by atoms with Crippen LogP contribution in [-0.2, 0) is 11.2 Å². The predicted molar refractivity (Wildman–Crippen MR) is 141 cm³/mol. The van der Waals surface area contributed by atoms with Gasteiger partial charge in [-0.15, -0.1) is 0 Å². The molecule has 0 spiro atoms. The molecule has 2 heterocycles. The van der Waals surface area contributed by atoms with Crippen molar-refractivity contribution in [2.45, 2.75) is 19.3 Å². The number of methoxy groups -OCH3 is 5. The van der Waals surface area contributed by atoms with Crippen LogP contribution in [0.2, 0.25) is 0 Å². The number of hydrogen-bond acceptors (Lipinski definition) is 9. The Hall–Kier alpha value is -3.30. The lowest BCUT2D eigenvalue weighted by atomic mass is 10.0. The van der Waals surface area contributed by atoms with E-state index in [0.717, 1.165) is 62.5 Å². The molecule has 0 bridgehead atoms. The van der Waals surface area contributed by atoms with Crippen LogP contribution < -0.4 is 33.7 Å². The summed E-state index contributed by atoms with van der Waals surface area (Å²) in [5.74, 6) is 4.93. The quantitative estimate of drug-likeness (QED) is 0.426. The molecule has 9 heteroatoms. The molecule has 202 valence electrons. The van der Waals surface area contributed by atoms with E-state index in [1.54, 1.807) is 35.5 Å². The average Bonchev–Trinajstić information content (AvgIpc) is 2.95. The molecule has 2 aliphatic rings. The summed E-state index contributed by atoms with van der Waals surface area (Å²) in [7, 11) is 8.04. The van der Waals surface area contributed by atoms with Crippen LogP contribution in [-0.4, -0.2) is 79.8 Å². The van der Waals surface area contributed by atoms with Crippen LogP contribution in [0, 0.1) is 0 Å². The largest absolute Gasteiger partial charge is 0.496 e. The number of allylic oxidation sites excluding steroid dienone is 1. The number of unbranched alkanes of at least 4 members (excludes halogenated alkanes) is 1. The molecule has 0 saturated carbocycles. The Morgan fingerprint density at radius 3 is 2.14 bits per heavy atom. The van der Waals surface area contributed by atoms with Crippen LogP contribution in [0.15, 0.2) is 30.0 Å². The molecule has 2 aromatic carbocycles. The fourth-order valence-electron chi connectivity index (χ4n) is 4.68. The first-order valence-corrected chi connectivity index (χ1v) is 12.6. The van der Waals surface area contributed by atoms with Gasteiger partial charge < -0.3 is 43.4 Å². The molecule has 1 saturated heterocycles. The lowest BCUT2D eigenvalue weighted by Gasteiger charge is -2.27. The van der Waals surface area contributed by atoms with Crippen molar-refractivity contribution in [3.05, 3.63) is 41.2 Å². The van der Waals surface area contributed by atoms with Crippen molar-refractivity contribution in [2.24, 2.45) is 0 Å². The Morgan fingerprint density at radius 2 is 1.51 bits per heavy atom. The van der Waals surface area contributed by atoms with E-state index in [-0.39, 0.29) is 0 Å². The van der Waals surface area contributed by atoms with Crippen molar-refractivity contribution < 1.29 is 33.2 Å². The summed E-state index contributed by atoms with van der Waals surface area (Å²) >= 11 is 0. The van der Waals surface area contributed by atoms with Gasteiger partial charge >= 0.3 is 0 Å². The highest BCUT2D eigenvalue weighted by atomic mass is 16.5. The van der Waals surface area contributed by atoms with Crippen LogP contribution in [0.4, 0.5) is 0 Å². The molecule has 0 unspecified atom stereocenters. The molecule has 2 aromatic rings. The first-order valence-electron chi connectivity index (χ1n) is 12.6. The standard InChI is InChI=1S/C28H38N2O7/c1-31-20-16-22(32-2)21-18-26(36-13-7-6-10-30-11-8-29-9-12-30)27(37-23(21)17-20)19-14-24(33-3)28(35-5)25(15-19)34-4/h14-17,29H,6-13,18H2,1-5H3. The van der Waals surface area contributed by atoms with E-state index in [2.05, 4.69) is 10.2 Å². The topological polar surface area (TPSA) is 79.9 Å². The number of benzene rings is 2. The number of nitrogens with zero attached hydrogens (tertiary/aromatic N) is 1. The molecule has 4 rings (SSSR count). The summed E-state index contributed by atoms with van der Waals surface area (Å²) in [5, 5.41) is 3.40. The molecule has 2 aliphatic heterocycles. The number of hydrogen-bond donors (Lipinski definition) is 1. The summed E-state index contributed by atoms with van der Waals surface area (Å²) in [6.07, 6.45) is 2.54. The molecule has 0 radical (unpaired) electrons. The van der Waals surface area contributed by atoms with Crippen LogP contribution >= 0.6 is 0 Å².